The third-order valence-electron chi connectivity index (χ3n) is 2.52. The lowest BCUT2D eigenvalue weighted by atomic mass is 10.1. The number of hydrogen-bond acceptors (Lipinski definition) is 6. The fourth-order valence-corrected chi connectivity index (χ4v) is 2.09. The van der Waals surface area contributed by atoms with Gasteiger partial charge in [0.25, 0.3) is 5.69 Å². The van der Waals surface area contributed by atoms with Crippen molar-refractivity contribution >= 4 is 21.2 Å². The van der Waals surface area contributed by atoms with Crippen LogP contribution in [0.15, 0.2) is 18.2 Å². The van der Waals surface area contributed by atoms with Crippen molar-refractivity contribution in [3.8, 4) is 6.07 Å². The van der Waals surface area contributed by atoms with Gasteiger partial charge in [-0.25, -0.2) is 8.42 Å². The largest absolute Gasteiger partial charge is 0.373 e. The van der Waals surface area contributed by atoms with E-state index in [1.54, 1.807) is 11.9 Å². The van der Waals surface area contributed by atoms with Gasteiger partial charge in [-0.2, -0.15) is 5.26 Å². The first kappa shape index (κ1) is 14.9. The van der Waals surface area contributed by atoms with E-state index >= 15 is 0 Å². The van der Waals surface area contributed by atoms with Crippen molar-refractivity contribution in [2.75, 3.05) is 30.5 Å². The number of nitro benzene ring substituents is 1. The van der Waals surface area contributed by atoms with Gasteiger partial charge in [-0.05, 0) is 6.07 Å². The summed E-state index contributed by atoms with van der Waals surface area (Å²) in [4.78, 5) is 11.6. The molecule has 0 aliphatic carbocycles. The molecule has 102 valence electrons. The molecule has 0 spiro atoms. The Balaban J connectivity index is 3.01. The number of anilines is 1. The predicted octanol–water partition coefficient (Wildman–Crippen LogP) is 0.947. The minimum absolute atomic E-state index is 0.0502. The molecule has 0 heterocycles. The van der Waals surface area contributed by atoms with Crippen LogP contribution in [0.1, 0.15) is 5.56 Å². The summed E-state index contributed by atoms with van der Waals surface area (Å²) in [5.41, 5.74) is 0.443. The molecule has 0 aliphatic heterocycles. The second kappa shape index (κ2) is 5.67. The van der Waals surface area contributed by atoms with E-state index < -0.39 is 14.8 Å². The predicted molar refractivity (Wildman–Crippen MR) is 70.8 cm³/mol. The fourth-order valence-electron chi connectivity index (χ4n) is 1.48. The smallest absolute Gasteiger partial charge is 0.270 e. The van der Waals surface area contributed by atoms with E-state index in [4.69, 9.17) is 5.26 Å². The minimum atomic E-state index is -3.10. The summed E-state index contributed by atoms with van der Waals surface area (Å²) in [6.07, 6.45) is 1.13. The first-order chi connectivity index (χ1) is 8.74. The lowest BCUT2D eigenvalue weighted by Crippen LogP contribution is -2.25. The van der Waals surface area contributed by atoms with Crippen LogP contribution in [0, 0.1) is 21.4 Å². The fraction of sp³-hybridized carbons (Fsp3) is 0.364. The average Bonchev–Trinajstić information content (AvgIpc) is 2.34. The molecule has 0 saturated carbocycles. The Bertz CT molecular complexity index is 634. The van der Waals surface area contributed by atoms with E-state index in [1.807, 2.05) is 6.07 Å². The van der Waals surface area contributed by atoms with Gasteiger partial charge in [0, 0.05) is 32.0 Å². The van der Waals surface area contributed by atoms with Crippen LogP contribution in [0.4, 0.5) is 11.4 Å². The van der Waals surface area contributed by atoms with E-state index in [-0.39, 0.29) is 23.5 Å². The van der Waals surface area contributed by atoms with Crippen LogP contribution < -0.4 is 4.90 Å². The minimum Gasteiger partial charge on any atom is -0.373 e. The Morgan fingerprint density at radius 3 is 2.58 bits per heavy atom. The van der Waals surface area contributed by atoms with Crippen molar-refractivity contribution in [2.24, 2.45) is 0 Å². The van der Waals surface area contributed by atoms with Gasteiger partial charge >= 0.3 is 0 Å². The zero-order valence-corrected chi connectivity index (χ0v) is 11.3. The zero-order valence-electron chi connectivity index (χ0n) is 10.5. The van der Waals surface area contributed by atoms with E-state index in [2.05, 4.69) is 0 Å². The lowest BCUT2D eigenvalue weighted by molar-refractivity contribution is -0.384. The highest BCUT2D eigenvalue weighted by atomic mass is 32.2. The first-order valence-electron chi connectivity index (χ1n) is 5.32. The van der Waals surface area contributed by atoms with Crippen molar-refractivity contribution in [2.45, 2.75) is 0 Å². The molecule has 1 rings (SSSR count). The molecule has 0 aromatic heterocycles. The molecular formula is C11H13N3O4S. The second-order valence-corrected chi connectivity index (χ2v) is 6.38. The van der Waals surface area contributed by atoms with E-state index in [9.17, 15) is 18.5 Å². The van der Waals surface area contributed by atoms with Gasteiger partial charge in [-0.3, -0.25) is 10.1 Å². The molecule has 0 radical (unpaired) electrons. The normalized spacial score (nSPS) is 10.8. The SMILES string of the molecule is CN(CCS(C)(=O)=O)c1ccc([N+](=O)[O-])cc1C#N. The number of nitro groups is 1. The summed E-state index contributed by atoms with van der Waals surface area (Å²) in [6, 6.07) is 5.77. The molecule has 19 heavy (non-hydrogen) atoms. The molecule has 1 aromatic rings. The molecule has 0 aliphatic rings. The maximum atomic E-state index is 11.1. The van der Waals surface area contributed by atoms with Gasteiger partial charge in [0.05, 0.1) is 21.9 Å². The number of benzene rings is 1. The highest BCUT2D eigenvalue weighted by Gasteiger charge is 2.14. The van der Waals surface area contributed by atoms with Gasteiger partial charge in [0.2, 0.25) is 0 Å². The summed E-state index contributed by atoms with van der Waals surface area (Å²) in [6.45, 7) is 0.214. The van der Waals surface area contributed by atoms with Crippen LogP contribution >= 0.6 is 0 Å². The van der Waals surface area contributed by atoms with Crippen LogP contribution in [-0.4, -0.2) is 38.9 Å². The highest BCUT2D eigenvalue weighted by molar-refractivity contribution is 7.90. The molecule has 0 unspecified atom stereocenters. The quantitative estimate of drug-likeness (QED) is 0.588. The second-order valence-electron chi connectivity index (χ2n) is 4.12. The number of rotatable bonds is 5. The van der Waals surface area contributed by atoms with Crippen LogP contribution in [0.2, 0.25) is 0 Å². The van der Waals surface area contributed by atoms with Gasteiger partial charge in [-0.15, -0.1) is 0 Å². The van der Waals surface area contributed by atoms with E-state index in [0.717, 1.165) is 6.26 Å². The molecule has 1 aromatic carbocycles. The van der Waals surface area contributed by atoms with Gasteiger partial charge in [-0.1, -0.05) is 0 Å². The van der Waals surface area contributed by atoms with E-state index in [0.29, 0.717) is 5.69 Å². The standard InChI is InChI=1S/C11H13N3O4S/c1-13(5-6-19(2,17)18)11-4-3-10(14(15)16)7-9(11)8-12/h3-4,7H,5-6H2,1-2H3. The maximum absolute atomic E-state index is 11.1. The summed E-state index contributed by atoms with van der Waals surface area (Å²) in [5.74, 6) is -0.0502. The number of non-ortho nitro benzene ring substituents is 1. The molecule has 0 N–H and O–H groups in total. The molecule has 0 bridgehead atoms. The Morgan fingerprint density at radius 2 is 2.11 bits per heavy atom. The Morgan fingerprint density at radius 1 is 1.47 bits per heavy atom. The maximum Gasteiger partial charge on any atom is 0.270 e. The summed E-state index contributed by atoms with van der Waals surface area (Å²) in [5, 5.41) is 19.6. The van der Waals surface area contributed by atoms with Gasteiger partial charge in [0.1, 0.15) is 15.9 Å². The van der Waals surface area contributed by atoms with Crippen molar-refractivity contribution in [3.63, 3.8) is 0 Å². The Labute approximate surface area is 111 Å². The van der Waals surface area contributed by atoms with Crippen LogP contribution in [0.25, 0.3) is 0 Å². The third-order valence-corrected chi connectivity index (χ3v) is 3.44. The van der Waals surface area contributed by atoms with Crippen molar-refractivity contribution < 1.29 is 13.3 Å². The number of nitriles is 1. The summed E-state index contributed by atoms with van der Waals surface area (Å²) in [7, 11) is -1.47. The zero-order chi connectivity index (χ0) is 14.6. The Kier molecular flexibility index (Phi) is 4.45. The number of hydrogen-bond donors (Lipinski definition) is 0. The van der Waals surface area contributed by atoms with Crippen LogP contribution in [-0.2, 0) is 9.84 Å². The molecule has 0 amide bonds. The van der Waals surface area contributed by atoms with Gasteiger partial charge in [0.15, 0.2) is 0 Å². The van der Waals surface area contributed by atoms with E-state index in [1.165, 1.54) is 18.2 Å². The molecule has 8 heteroatoms. The summed E-state index contributed by atoms with van der Waals surface area (Å²) >= 11 is 0. The summed E-state index contributed by atoms with van der Waals surface area (Å²) < 4.78 is 22.2. The molecule has 0 fully saturated rings. The average molecular weight is 283 g/mol. The molecule has 0 saturated heterocycles. The molecular weight excluding hydrogens is 270 g/mol. The monoisotopic (exact) mass is 283 g/mol. The van der Waals surface area contributed by atoms with Crippen molar-refractivity contribution in [1.29, 1.82) is 5.26 Å². The van der Waals surface area contributed by atoms with Crippen LogP contribution in [0.5, 0.6) is 0 Å². The number of sulfone groups is 1. The topological polar surface area (TPSA) is 104 Å². The molecule has 7 nitrogen and oxygen atoms in total. The lowest BCUT2D eigenvalue weighted by Gasteiger charge is -2.19. The van der Waals surface area contributed by atoms with Crippen molar-refractivity contribution in [1.82, 2.24) is 0 Å². The third kappa shape index (κ3) is 4.22. The van der Waals surface area contributed by atoms with Gasteiger partial charge < -0.3 is 4.90 Å². The Hall–Kier alpha value is -2.14. The highest BCUT2D eigenvalue weighted by Crippen LogP contribution is 2.23. The van der Waals surface area contributed by atoms with Crippen molar-refractivity contribution in [3.05, 3.63) is 33.9 Å². The van der Waals surface area contributed by atoms with Crippen LogP contribution in [0.3, 0.4) is 0 Å². The first-order valence-corrected chi connectivity index (χ1v) is 7.38. The number of nitrogens with zero attached hydrogens (tertiary/aromatic N) is 3. The molecule has 0 atom stereocenters.